The van der Waals surface area contributed by atoms with E-state index in [1.54, 1.807) is 0 Å². The average Bonchev–Trinajstić information content (AvgIpc) is 3.44. The molecule has 0 spiro atoms. The van der Waals surface area contributed by atoms with E-state index in [4.69, 9.17) is 14.4 Å². The van der Waals surface area contributed by atoms with E-state index in [1.165, 1.54) is 5.56 Å². The smallest absolute Gasteiger partial charge is 0.143 e. The van der Waals surface area contributed by atoms with E-state index in [9.17, 15) is 0 Å². The minimum absolute atomic E-state index is 0.863. The minimum Gasteiger partial charge on any atom is -0.455 e. The fourth-order valence-electron chi connectivity index (χ4n) is 5.66. The number of hydrogen-bond donors (Lipinski definition) is 0. The van der Waals surface area contributed by atoms with Crippen molar-refractivity contribution in [3.63, 3.8) is 0 Å². The maximum absolute atomic E-state index is 6.30. The van der Waals surface area contributed by atoms with Gasteiger partial charge in [-0.15, -0.1) is 0 Å². The molecule has 6 aromatic carbocycles. The molecule has 0 amide bonds. The Kier molecular flexibility index (Phi) is 5.46. The molecule has 41 heavy (non-hydrogen) atoms. The number of furan rings is 1. The second-order valence-electron chi connectivity index (χ2n) is 10.2. The third kappa shape index (κ3) is 4.07. The van der Waals surface area contributed by atoms with Crippen LogP contribution >= 0.6 is 0 Å². The van der Waals surface area contributed by atoms with E-state index in [2.05, 4.69) is 103 Å². The number of hydrogen-bond acceptors (Lipinski definition) is 3. The number of benzene rings is 6. The van der Waals surface area contributed by atoms with Crippen molar-refractivity contribution in [3.05, 3.63) is 146 Å². The van der Waals surface area contributed by atoms with E-state index in [-0.39, 0.29) is 0 Å². The highest BCUT2D eigenvalue weighted by Crippen LogP contribution is 2.38. The fourth-order valence-corrected chi connectivity index (χ4v) is 5.66. The lowest BCUT2D eigenvalue weighted by Gasteiger charge is -2.12. The summed E-state index contributed by atoms with van der Waals surface area (Å²) in [6, 6.07) is 50.2. The van der Waals surface area contributed by atoms with Crippen molar-refractivity contribution in [1.29, 1.82) is 0 Å². The molecule has 0 radical (unpaired) electrons. The lowest BCUT2D eigenvalue weighted by molar-refractivity contribution is 0.670. The van der Waals surface area contributed by atoms with Crippen LogP contribution in [0, 0.1) is 0 Å². The lowest BCUT2D eigenvalue weighted by atomic mass is 9.97. The number of nitrogens with zero attached hydrogens (tertiary/aromatic N) is 2. The molecule has 0 aliphatic heterocycles. The van der Waals surface area contributed by atoms with Crippen LogP contribution in [-0.4, -0.2) is 9.97 Å². The summed E-state index contributed by atoms with van der Waals surface area (Å²) in [5, 5.41) is 2.26. The van der Waals surface area contributed by atoms with Crippen molar-refractivity contribution in [2.75, 3.05) is 0 Å². The number of fused-ring (bicyclic) bond motifs is 4. The summed E-state index contributed by atoms with van der Waals surface area (Å²) in [5.41, 5.74) is 11.9. The van der Waals surface area contributed by atoms with Gasteiger partial charge in [0.1, 0.15) is 11.2 Å². The zero-order chi connectivity index (χ0) is 27.2. The van der Waals surface area contributed by atoms with Crippen molar-refractivity contribution in [3.8, 4) is 44.8 Å². The first-order valence-electron chi connectivity index (χ1n) is 13.8. The van der Waals surface area contributed by atoms with Gasteiger partial charge in [-0.25, -0.2) is 9.97 Å². The molecule has 0 atom stereocenters. The standard InChI is InChI=1S/C38H24N2O/c1-2-10-25(11-3-1)28-12-8-13-29(24-28)37-36(39-33-17-5-6-18-34(33)40-37)27-22-20-26(21-23-27)30-15-9-16-32-31-14-4-7-19-35(31)41-38(30)32/h1-24H. The highest BCUT2D eigenvalue weighted by atomic mass is 16.3. The van der Waals surface area contributed by atoms with Crippen molar-refractivity contribution >= 4 is 33.0 Å². The number of para-hydroxylation sites is 4. The van der Waals surface area contributed by atoms with Gasteiger partial charge in [-0.3, -0.25) is 0 Å². The highest BCUT2D eigenvalue weighted by molar-refractivity contribution is 6.09. The Hall–Kier alpha value is -5.54. The first-order chi connectivity index (χ1) is 20.3. The predicted molar refractivity (Wildman–Crippen MR) is 169 cm³/mol. The maximum atomic E-state index is 6.30. The molecule has 3 heteroatoms. The Morgan fingerprint density at radius 3 is 1.78 bits per heavy atom. The third-order valence-electron chi connectivity index (χ3n) is 7.69. The van der Waals surface area contributed by atoms with Gasteiger partial charge in [0.15, 0.2) is 0 Å². The highest BCUT2D eigenvalue weighted by Gasteiger charge is 2.16. The summed E-state index contributed by atoms with van der Waals surface area (Å²) >= 11 is 0. The quantitative estimate of drug-likeness (QED) is 0.230. The molecule has 2 heterocycles. The third-order valence-corrected chi connectivity index (χ3v) is 7.69. The summed E-state index contributed by atoms with van der Waals surface area (Å²) in [4.78, 5) is 10.2. The first-order valence-corrected chi connectivity index (χ1v) is 13.8. The minimum atomic E-state index is 0.863. The Morgan fingerprint density at radius 1 is 0.390 bits per heavy atom. The molecule has 8 rings (SSSR count). The molecule has 0 N–H and O–H groups in total. The summed E-state index contributed by atoms with van der Waals surface area (Å²) in [5.74, 6) is 0. The van der Waals surface area contributed by atoms with Crippen LogP contribution < -0.4 is 0 Å². The molecule has 8 aromatic rings. The van der Waals surface area contributed by atoms with E-state index < -0.39 is 0 Å². The van der Waals surface area contributed by atoms with Crippen LogP contribution in [-0.2, 0) is 0 Å². The molecule has 0 aliphatic rings. The van der Waals surface area contributed by atoms with E-state index >= 15 is 0 Å². The molecule has 2 aromatic heterocycles. The van der Waals surface area contributed by atoms with Crippen molar-refractivity contribution < 1.29 is 4.42 Å². The summed E-state index contributed by atoms with van der Waals surface area (Å²) in [6.45, 7) is 0. The normalized spacial score (nSPS) is 11.4. The second-order valence-corrected chi connectivity index (χ2v) is 10.2. The first kappa shape index (κ1) is 23.4. The largest absolute Gasteiger partial charge is 0.455 e. The van der Waals surface area contributed by atoms with E-state index in [0.29, 0.717) is 0 Å². The zero-order valence-corrected chi connectivity index (χ0v) is 22.2. The van der Waals surface area contributed by atoms with Crippen LogP contribution in [0.4, 0.5) is 0 Å². The number of aromatic nitrogens is 2. The van der Waals surface area contributed by atoms with Gasteiger partial charge in [-0.2, -0.15) is 0 Å². The van der Waals surface area contributed by atoms with Crippen molar-refractivity contribution in [2.24, 2.45) is 0 Å². The Morgan fingerprint density at radius 2 is 0.976 bits per heavy atom. The molecule has 0 fully saturated rings. The van der Waals surface area contributed by atoms with Gasteiger partial charge in [0.2, 0.25) is 0 Å². The topological polar surface area (TPSA) is 38.9 Å². The van der Waals surface area contributed by atoms with Gasteiger partial charge in [0.25, 0.3) is 0 Å². The fraction of sp³-hybridized carbons (Fsp3) is 0. The Balaban J connectivity index is 1.26. The van der Waals surface area contributed by atoms with Gasteiger partial charge >= 0.3 is 0 Å². The summed E-state index contributed by atoms with van der Waals surface area (Å²) < 4.78 is 6.30. The van der Waals surface area contributed by atoms with Gasteiger partial charge in [0, 0.05) is 27.5 Å². The zero-order valence-electron chi connectivity index (χ0n) is 22.2. The molecule has 0 unspecified atom stereocenters. The van der Waals surface area contributed by atoms with E-state index in [0.717, 1.165) is 72.2 Å². The SMILES string of the molecule is c1ccc(-c2cccc(-c3nc4ccccc4nc3-c3ccc(-c4cccc5c4oc4ccccc45)cc3)c2)cc1. The predicted octanol–water partition coefficient (Wildman–Crippen LogP) is 10.2. The molecular weight excluding hydrogens is 500 g/mol. The maximum Gasteiger partial charge on any atom is 0.143 e. The summed E-state index contributed by atoms with van der Waals surface area (Å²) in [6.07, 6.45) is 0. The summed E-state index contributed by atoms with van der Waals surface area (Å²) in [7, 11) is 0. The molecule has 0 saturated carbocycles. The van der Waals surface area contributed by atoms with Gasteiger partial charge in [-0.1, -0.05) is 121 Å². The van der Waals surface area contributed by atoms with E-state index in [1.807, 2.05) is 42.5 Å². The Labute approximate surface area is 237 Å². The molecule has 3 nitrogen and oxygen atoms in total. The van der Waals surface area contributed by atoms with Crippen LogP contribution in [0.2, 0.25) is 0 Å². The molecule has 192 valence electrons. The second kappa shape index (κ2) is 9.58. The van der Waals surface area contributed by atoms with Crippen molar-refractivity contribution in [1.82, 2.24) is 9.97 Å². The lowest BCUT2D eigenvalue weighted by Crippen LogP contribution is -1.96. The van der Waals surface area contributed by atoms with Crippen LogP contribution in [0.3, 0.4) is 0 Å². The molecule has 0 aliphatic carbocycles. The van der Waals surface area contributed by atoms with Crippen LogP contribution in [0.25, 0.3) is 77.7 Å². The van der Waals surface area contributed by atoms with Crippen LogP contribution in [0.1, 0.15) is 0 Å². The molecule has 0 saturated heterocycles. The molecule has 0 bridgehead atoms. The Bertz CT molecular complexity index is 2200. The number of rotatable bonds is 4. The van der Waals surface area contributed by atoms with Gasteiger partial charge in [0.05, 0.1) is 22.4 Å². The molecular formula is C38H24N2O. The monoisotopic (exact) mass is 524 g/mol. The average molecular weight is 525 g/mol. The van der Waals surface area contributed by atoms with Crippen LogP contribution in [0.5, 0.6) is 0 Å². The van der Waals surface area contributed by atoms with Crippen LogP contribution in [0.15, 0.2) is 150 Å². The van der Waals surface area contributed by atoms with Crippen molar-refractivity contribution in [2.45, 2.75) is 0 Å². The van der Waals surface area contributed by atoms with Gasteiger partial charge in [-0.05, 0) is 41.0 Å². The van der Waals surface area contributed by atoms with Gasteiger partial charge < -0.3 is 4.42 Å².